The lowest BCUT2D eigenvalue weighted by molar-refractivity contribution is -0.122. The third-order valence-corrected chi connectivity index (χ3v) is 3.27. The molecule has 0 aliphatic heterocycles. The van der Waals surface area contributed by atoms with Gasteiger partial charge in [-0.05, 0) is 38.0 Å². The van der Waals surface area contributed by atoms with Crippen LogP contribution in [0.2, 0.25) is 5.02 Å². The summed E-state index contributed by atoms with van der Waals surface area (Å²) in [6, 6.07) is 5.32. The van der Waals surface area contributed by atoms with Gasteiger partial charge in [0.1, 0.15) is 5.75 Å². The van der Waals surface area contributed by atoms with Gasteiger partial charge in [-0.1, -0.05) is 18.0 Å². The van der Waals surface area contributed by atoms with Crippen molar-refractivity contribution in [1.29, 1.82) is 0 Å². The van der Waals surface area contributed by atoms with Gasteiger partial charge in [0.2, 0.25) is 5.91 Å². The minimum Gasteiger partial charge on any atom is -0.492 e. The molecule has 92 valence electrons. The van der Waals surface area contributed by atoms with Gasteiger partial charge in [-0.2, -0.15) is 0 Å². The minimum absolute atomic E-state index is 0.0940. The maximum atomic E-state index is 11.7. The highest BCUT2D eigenvalue weighted by atomic mass is 35.5. The van der Waals surface area contributed by atoms with Crippen molar-refractivity contribution < 1.29 is 9.53 Å². The number of halogens is 1. The number of nitrogens with one attached hydrogen (secondary N) is 1. The van der Waals surface area contributed by atoms with Crippen molar-refractivity contribution in [3.63, 3.8) is 0 Å². The van der Waals surface area contributed by atoms with Crippen LogP contribution in [0.5, 0.6) is 5.75 Å². The number of carbonyl (C=O) groups is 1. The highest BCUT2D eigenvalue weighted by Gasteiger charge is 2.25. The summed E-state index contributed by atoms with van der Waals surface area (Å²) >= 11 is 6.04. The summed E-state index contributed by atoms with van der Waals surface area (Å²) in [6.45, 7) is 2.48. The van der Waals surface area contributed by atoms with Crippen LogP contribution in [0, 0.1) is 5.92 Å². The Kier molecular flexibility index (Phi) is 3.89. The predicted octanol–water partition coefficient (Wildman–Crippen LogP) is 3.48. The van der Waals surface area contributed by atoms with Gasteiger partial charge >= 0.3 is 0 Å². The summed E-state index contributed by atoms with van der Waals surface area (Å²) in [5.41, 5.74) is 0.732. The van der Waals surface area contributed by atoms with Gasteiger partial charge in [0.25, 0.3) is 0 Å². The van der Waals surface area contributed by atoms with Crippen molar-refractivity contribution in [3.8, 4) is 5.75 Å². The second kappa shape index (κ2) is 5.41. The second-order valence-corrected chi connectivity index (χ2v) is 4.60. The lowest BCUT2D eigenvalue weighted by atomic mass is 9.85. The molecule has 0 radical (unpaired) electrons. The second-order valence-electron chi connectivity index (χ2n) is 4.20. The van der Waals surface area contributed by atoms with E-state index < -0.39 is 0 Å². The average molecular weight is 254 g/mol. The molecule has 0 aromatic heterocycles. The molecule has 0 atom stereocenters. The summed E-state index contributed by atoms with van der Waals surface area (Å²) in [4.78, 5) is 11.7. The van der Waals surface area contributed by atoms with E-state index in [1.807, 2.05) is 13.0 Å². The minimum atomic E-state index is 0.0940. The van der Waals surface area contributed by atoms with Crippen molar-refractivity contribution in [2.24, 2.45) is 5.92 Å². The fourth-order valence-electron chi connectivity index (χ4n) is 1.77. The lowest BCUT2D eigenvalue weighted by Crippen LogP contribution is -2.27. The Labute approximate surface area is 106 Å². The van der Waals surface area contributed by atoms with E-state index in [9.17, 15) is 4.79 Å². The van der Waals surface area contributed by atoms with Crippen LogP contribution in [-0.2, 0) is 4.79 Å². The van der Waals surface area contributed by atoms with Crippen LogP contribution in [-0.4, -0.2) is 12.5 Å². The highest BCUT2D eigenvalue weighted by Crippen LogP contribution is 2.30. The van der Waals surface area contributed by atoms with Crippen LogP contribution >= 0.6 is 11.6 Å². The zero-order valence-electron chi connectivity index (χ0n) is 9.83. The Hall–Kier alpha value is -1.22. The topological polar surface area (TPSA) is 38.3 Å². The number of hydrogen-bond donors (Lipinski definition) is 1. The van der Waals surface area contributed by atoms with E-state index in [2.05, 4.69) is 5.32 Å². The Bertz CT molecular complexity index is 416. The van der Waals surface area contributed by atoms with E-state index in [0.29, 0.717) is 17.4 Å². The number of amides is 1. The molecule has 0 bridgehead atoms. The zero-order chi connectivity index (χ0) is 12.3. The summed E-state index contributed by atoms with van der Waals surface area (Å²) < 4.78 is 5.33. The Morgan fingerprint density at radius 1 is 1.53 bits per heavy atom. The summed E-state index contributed by atoms with van der Waals surface area (Å²) in [5, 5.41) is 3.40. The Morgan fingerprint density at radius 2 is 2.29 bits per heavy atom. The van der Waals surface area contributed by atoms with E-state index in [-0.39, 0.29) is 11.8 Å². The molecule has 1 aromatic rings. The molecule has 1 aromatic carbocycles. The third kappa shape index (κ3) is 2.91. The van der Waals surface area contributed by atoms with Crippen molar-refractivity contribution in [3.05, 3.63) is 23.2 Å². The molecule has 0 unspecified atom stereocenters. The van der Waals surface area contributed by atoms with E-state index in [4.69, 9.17) is 16.3 Å². The number of anilines is 1. The molecular formula is C13H16ClNO2. The molecule has 1 amide bonds. The van der Waals surface area contributed by atoms with E-state index >= 15 is 0 Å². The van der Waals surface area contributed by atoms with Crippen molar-refractivity contribution in [2.75, 3.05) is 11.9 Å². The SMILES string of the molecule is CCOc1ccc(NC(=O)C2CCC2)cc1Cl. The van der Waals surface area contributed by atoms with E-state index in [1.165, 1.54) is 0 Å². The fraction of sp³-hybridized carbons (Fsp3) is 0.462. The molecule has 4 heteroatoms. The van der Waals surface area contributed by atoms with Gasteiger partial charge in [-0.25, -0.2) is 0 Å². The van der Waals surface area contributed by atoms with Gasteiger partial charge in [0.05, 0.1) is 11.6 Å². The normalized spacial score (nSPS) is 15.2. The molecule has 0 spiro atoms. The molecule has 2 rings (SSSR count). The number of carbonyl (C=O) groups excluding carboxylic acids is 1. The summed E-state index contributed by atoms with van der Waals surface area (Å²) in [7, 11) is 0. The van der Waals surface area contributed by atoms with E-state index in [0.717, 1.165) is 24.9 Å². The number of hydrogen-bond acceptors (Lipinski definition) is 2. The monoisotopic (exact) mass is 253 g/mol. The highest BCUT2D eigenvalue weighted by molar-refractivity contribution is 6.32. The summed E-state index contributed by atoms with van der Waals surface area (Å²) in [6.07, 6.45) is 3.15. The van der Waals surface area contributed by atoms with Crippen LogP contribution < -0.4 is 10.1 Å². The van der Waals surface area contributed by atoms with Crippen molar-refractivity contribution in [2.45, 2.75) is 26.2 Å². The zero-order valence-corrected chi connectivity index (χ0v) is 10.6. The maximum Gasteiger partial charge on any atom is 0.227 e. The smallest absolute Gasteiger partial charge is 0.227 e. The van der Waals surface area contributed by atoms with Crippen LogP contribution in [0.1, 0.15) is 26.2 Å². The van der Waals surface area contributed by atoms with Gasteiger partial charge < -0.3 is 10.1 Å². The average Bonchev–Trinajstić information content (AvgIpc) is 2.19. The van der Waals surface area contributed by atoms with Gasteiger partial charge in [-0.15, -0.1) is 0 Å². The molecule has 17 heavy (non-hydrogen) atoms. The van der Waals surface area contributed by atoms with Crippen molar-refractivity contribution >= 4 is 23.2 Å². The molecule has 1 aliphatic rings. The molecule has 0 saturated heterocycles. The standard InChI is InChI=1S/C13H16ClNO2/c1-2-17-12-7-6-10(8-11(12)14)15-13(16)9-4-3-5-9/h6-9H,2-5H2,1H3,(H,15,16). The van der Waals surface area contributed by atoms with Gasteiger partial charge in [-0.3, -0.25) is 4.79 Å². The summed E-state index contributed by atoms with van der Waals surface area (Å²) in [5.74, 6) is 0.924. The molecule has 1 aliphatic carbocycles. The number of ether oxygens (including phenoxy) is 1. The Morgan fingerprint density at radius 3 is 2.82 bits per heavy atom. The largest absolute Gasteiger partial charge is 0.492 e. The van der Waals surface area contributed by atoms with E-state index in [1.54, 1.807) is 12.1 Å². The Balaban J connectivity index is 2.01. The molecular weight excluding hydrogens is 238 g/mol. The van der Waals surface area contributed by atoms with Crippen LogP contribution in [0.4, 0.5) is 5.69 Å². The van der Waals surface area contributed by atoms with Crippen LogP contribution in [0.3, 0.4) is 0 Å². The number of benzene rings is 1. The third-order valence-electron chi connectivity index (χ3n) is 2.98. The van der Waals surface area contributed by atoms with Gasteiger partial charge in [0.15, 0.2) is 0 Å². The molecule has 1 N–H and O–H groups in total. The molecule has 1 saturated carbocycles. The van der Waals surface area contributed by atoms with Crippen LogP contribution in [0.25, 0.3) is 0 Å². The fourth-order valence-corrected chi connectivity index (χ4v) is 2.00. The maximum absolute atomic E-state index is 11.7. The predicted molar refractivity (Wildman–Crippen MR) is 68.6 cm³/mol. The molecule has 3 nitrogen and oxygen atoms in total. The lowest BCUT2D eigenvalue weighted by Gasteiger charge is -2.24. The molecule has 1 fully saturated rings. The van der Waals surface area contributed by atoms with Crippen molar-refractivity contribution in [1.82, 2.24) is 0 Å². The van der Waals surface area contributed by atoms with Gasteiger partial charge in [0, 0.05) is 11.6 Å². The number of rotatable bonds is 4. The first-order chi connectivity index (χ1) is 8.20. The first-order valence-electron chi connectivity index (χ1n) is 5.94. The quantitative estimate of drug-likeness (QED) is 0.892. The van der Waals surface area contributed by atoms with Crippen LogP contribution in [0.15, 0.2) is 18.2 Å². The first-order valence-corrected chi connectivity index (χ1v) is 6.31. The molecule has 0 heterocycles. The first kappa shape index (κ1) is 12.2.